The first-order valence-corrected chi connectivity index (χ1v) is 6.66. The van der Waals surface area contributed by atoms with Crippen LogP contribution in [0.25, 0.3) is 0 Å². The van der Waals surface area contributed by atoms with Gasteiger partial charge in [-0.1, -0.05) is 0 Å². The van der Waals surface area contributed by atoms with Crippen LogP contribution < -0.4 is 25.3 Å². The Morgan fingerprint density at radius 2 is 1.67 bits per heavy atom. The minimum Gasteiger partial charge on any atom is -0.493 e. The Kier molecular flexibility index (Phi) is 5.84. The molecule has 0 aliphatic rings. The summed E-state index contributed by atoms with van der Waals surface area (Å²) in [5.41, 5.74) is 5.84. The van der Waals surface area contributed by atoms with Crippen LogP contribution in [0.2, 0.25) is 0 Å². The second-order valence-electron chi connectivity index (χ2n) is 5.30. The third-order valence-electron chi connectivity index (χ3n) is 3.30. The van der Waals surface area contributed by atoms with Crippen LogP contribution in [-0.4, -0.2) is 33.8 Å². The summed E-state index contributed by atoms with van der Waals surface area (Å²) < 4.78 is 15.8. The SMILES string of the molecule is COc1cc(CNC(=O)C(C)(C)CN)cc(OC)c1OC. The van der Waals surface area contributed by atoms with Crippen molar-refractivity contribution in [3.63, 3.8) is 0 Å². The number of hydrogen-bond acceptors (Lipinski definition) is 5. The fraction of sp³-hybridized carbons (Fsp3) is 0.533. The van der Waals surface area contributed by atoms with Gasteiger partial charge in [0.25, 0.3) is 0 Å². The molecule has 0 bridgehead atoms. The van der Waals surface area contributed by atoms with Crippen molar-refractivity contribution in [3.05, 3.63) is 17.7 Å². The number of ether oxygens (including phenoxy) is 3. The van der Waals surface area contributed by atoms with E-state index in [0.29, 0.717) is 23.8 Å². The Morgan fingerprint density at radius 3 is 2.05 bits per heavy atom. The maximum Gasteiger partial charge on any atom is 0.227 e. The highest BCUT2D eigenvalue weighted by Crippen LogP contribution is 2.38. The predicted molar refractivity (Wildman–Crippen MR) is 80.8 cm³/mol. The number of carbonyl (C=O) groups is 1. The molecule has 0 radical (unpaired) electrons. The van der Waals surface area contributed by atoms with Crippen LogP contribution in [0.4, 0.5) is 0 Å². The molecule has 1 aromatic rings. The number of benzene rings is 1. The lowest BCUT2D eigenvalue weighted by atomic mass is 9.92. The van der Waals surface area contributed by atoms with Gasteiger partial charge < -0.3 is 25.3 Å². The molecule has 6 heteroatoms. The minimum absolute atomic E-state index is 0.0984. The zero-order valence-electron chi connectivity index (χ0n) is 13.3. The van der Waals surface area contributed by atoms with Gasteiger partial charge in [0.1, 0.15) is 0 Å². The number of nitrogens with two attached hydrogens (primary N) is 1. The van der Waals surface area contributed by atoms with E-state index in [1.807, 2.05) is 0 Å². The van der Waals surface area contributed by atoms with Crippen LogP contribution in [0, 0.1) is 5.41 Å². The summed E-state index contributed by atoms with van der Waals surface area (Å²) in [6, 6.07) is 3.61. The number of hydrogen-bond donors (Lipinski definition) is 2. The summed E-state index contributed by atoms with van der Waals surface area (Å²) in [6.45, 7) is 4.25. The molecule has 0 atom stereocenters. The molecule has 3 N–H and O–H groups in total. The third kappa shape index (κ3) is 4.01. The van der Waals surface area contributed by atoms with Gasteiger partial charge >= 0.3 is 0 Å². The van der Waals surface area contributed by atoms with Gasteiger partial charge in [-0.2, -0.15) is 0 Å². The van der Waals surface area contributed by atoms with Gasteiger partial charge in [0.05, 0.1) is 26.7 Å². The van der Waals surface area contributed by atoms with Crippen molar-refractivity contribution < 1.29 is 19.0 Å². The summed E-state index contributed by atoms with van der Waals surface area (Å²) >= 11 is 0. The van der Waals surface area contributed by atoms with Crippen molar-refractivity contribution in [1.29, 1.82) is 0 Å². The normalized spacial score (nSPS) is 11.0. The molecule has 1 amide bonds. The van der Waals surface area contributed by atoms with Crippen LogP contribution in [0.15, 0.2) is 12.1 Å². The van der Waals surface area contributed by atoms with E-state index in [4.69, 9.17) is 19.9 Å². The summed E-state index contributed by atoms with van der Waals surface area (Å²) in [4.78, 5) is 12.0. The van der Waals surface area contributed by atoms with Gasteiger partial charge in [0.2, 0.25) is 11.7 Å². The molecule has 0 saturated carbocycles. The number of carbonyl (C=O) groups excluding carboxylic acids is 1. The molecule has 0 saturated heterocycles. The summed E-state index contributed by atoms with van der Waals surface area (Å²) in [5, 5.41) is 2.86. The van der Waals surface area contributed by atoms with E-state index in [2.05, 4.69) is 5.32 Å². The predicted octanol–water partition coefficient (Wildman–Crippen LogP) is 1.31. The molecule has 0 aromatic heterocycles. The number of amides is 1. The molecule has 6 nitrogen and oxygen atoms in total. The number of rotatable bonds is 7. The van der Waals surface area contributed by atoms with Crippen LogP contribution >= 0.6 is 0 Å². The van der Waals surface area contributed by atoms with Gasteiger partial charge in [0.15, 0.2) is 11.5 Å². The molecule has 0 aliphatic heterocycles. The molecular formula is C15H24N2O4. The fourth-order valence-electron chi connectivity index (χ4n) is 1.75. The standard InChI is InChI=1S/C15H24N2O4/c1-15(2,9-16)14(18)17-8-10-6-11(19-3)13(21-5)12(7-10)20-4/h6-7H,8-9,16H2,1-5H3,(H,17,18). The van der Waals surface area contributed by atoms with E-state index >= 15 is 0 Å². The first kappa shape index (κ1) is 17.1. The van der Waals surface area contributed by atoms with E-state index in [1.54, 1.807) is 47.3 Å². The van der Waals surface area contributed by atoms with E-state index < -0.39 is 5.41 Å². The van der Waals surface area contributed by atoms with Gasteiger partial charge in [-0.15, -0.1) is 0 Å². The third-order valence-corrected chi connectivity index (χ3v) is 3.30. The molecule has 0 spiro atoms. The first-order valence-electron chi connectivity index (χ1n) is 6.66. The number of methoxy groups -OCH3 is 3. The van der Waals surface area contributed by atoms with E-state index in [1.165, 1.54) is 0 Å². The summed E-state index contributed by atoms with van der Waals surface area (Å²) in [6.07, 6.45) is 0. The minimum atomic E-state index is -0.597. The van der Waals surface area contributed by atoms with Crippen LogP contribution in [0.3, 0.4) is 0 Å². The zero-order chi connectivity index (χ0) is 16.0. The quantitative estimate of drug-likeness (QED) is 0.793. The highest BCUT2D eigenvalue weighted by Gasteiger charge is 2.25. The Labute approximate surface area is 125 Å². The average Bonchev–Trinajstić information content (AvgIpc) is 2.50. The maximum absolute atomic E-state index is 12.0. The Balaban J connectivity index is 2.92. The Morgan fingerprint density at radius 1 is 1.14 bits per heavy atom. The van der Waals surface area contributed by atoms with Crippen molar-refractivity contribution >= 4 is 5.91 Å². The van der Waals surface area contributed by atoms with Crippen molar-refractivity contribution in [2.75, 3.05) is 27.9 Å². The van der Waals surface area contributed by atoms with Crippen molar-refractivity contribution in [1.82, 2.24) is 5.32 Å². The molecule has 21 heavy (non-hydrogen) atoms. The van der Waals surface area contributed by atoms with Gasteiger partial charge in [-0.25, -0.2) is 0 Å². The topological polar surface area (TPSA) is 82.8 Å². The highest BCUT2D eigenvalue weighted by molar-refractivity contribution is 5.82. The van der Waals surface area contributed by atoms with Gasteiger partial charge in [0, 0.05) is 13.1 Å². The highest BCUT2D eigenvalue weighted by atomic mass is 16.5. The van der Waals surface area contributed by atoms with Gasteiger partial charge in [-0.3, -0.25) is 4.79 Å². The first-order chi connectivity index (χ1) is 9.89. The Hall–Kier alpha value is -1.95. The summed E-state index contributed by atoms with van der Waals surface area (Å²) in [7, 11) is 4.65. The number of nitrogens with one attached hydrogen (secondary N) is 1. The lowest BCUT2D eigenvalue weighted by Gasteiger charge is -2.21. The molecule has 0 unspecified atom stereocenters. The van der Waals surface area contributed by atoms with Gasteiger partial charge in [-0.05, 0) is 31.5 Å². The Bertz CT molecular complexity index is 475. The van der Waals surface area contributed by atoms with Crippen LogP contribution in [0.5, 0.6) is 17.2 Å². The van der Waals surface area contributed by atoms with Crippen molar-refractivity contribution in [3.8, 4) is 17.2 Å². The second kappa shape index (κ2) is 7.17. The fourth-order valence-corrected chi connectivity index (χ4v) is 1.75. The molecular weight excluding hydrogens is 272 g/mol. The molecule has 0 heterocycles. The zero-order valence-corrected chi connectivity index (χ0v) is 13.3. The molecule has 1 aromatic carbocycles. The lowest BCUT2D eigenvalue weighted by Crippen LogP contribution is -2.41. The van der Waals surface area contributed by atoms with E-state index in [0.717, 1.165) is 5.56 Å². The largest absolute Gasteiger partial charge is 0.493 e. The van der Waals surface area contributed by atoms with E-state index in [9.17, 15) is 4.79 Å². The van der Waals surface area contributed by atoms with Crippen LogP contribution in [-0.2, 0) is 11.3 Å². The van der Waals surface area contributed by atoms with E-state index in [-0.39, 0.29) is 12.5 Å². The second-order valence-corrected chi connectivity index (χ2v) is 5.30. The maximum atomic E-state index is 12.0. The lowest BCUT2D eigenvalue weighted by molar-refractivity contribution is -0.129. The monoisotopic (exact) mass is 296 g/mol. The summed E-state index contributed by atoms with van der Waals surface area (Å²) in [5.74, 6) is 1.54. The van der Waals surface area contributed by atoms with Crippen LogP contribution in [0.1, 0.15) is 19.4 Å². The molecule has 118 valence electrons. The average molecular weight is 296 g/mol. The molecule has 0 fully saturated rings. The smallest absolute Gasteiger partial charge is 0.227 e. The molecule has 0 aliphatic carbocycles. The van der Waals surface area contributed by atoms with Crippen molar-refractivity contribution in [2.45, 2.75) is 20.4 Å². The molecule has 1 rings (SSSR count). The van der Waals surface area contributed by atoms with Crippen molar-refractivity contribution in [2.24, 2.45) is 11.1 Å².